The van der Waals surface area contributed by atoms with Crippen LogP contribution in [-0.2, 0) is 0 Å². The van der Waals surface area contributed by atoms with Crippen LogP contribution >= 0.6 is 27.3 Å². The topological polar surface area (TPSA) is 26.0 Å². The van der Waals surface area contributed by atoms with E-state index >= 15 is 0 Å². The quantitative estimate of drug-likeness (QED) is 0.807. The molecular formula is C15H17BrFNS. The number of aryl methyl sites for hydroxylation is 1. The molecule has 4 heteroatoms. The van der Waals surface area contributed by atoms with Gasteiger partial charge in [0.1, 0.15) is 5.82 Å². The molecule has 0 radical (unpaired) electrons. The molecule has 0 fully saturated rings. The second kappa shape index (κ2) is 5.73. The number of halogens is 2. The van der Waals surface area contributed by atoms with Gasteiger partial charge in [-0.3, -0.25) is 0 Å². The van der Waals surface area contributed by atoms with Crippen LogP contribution in [0.1, 0.15) is 30.3 Å². The van der Waals surface area contributed by atoms with Crippen LogP contribution in [0.3, 0.4) is 0 Å². The number of hydrogen-bond acceptors (Lipinski definition) is 2. The van der Waals surface area contributed by atoms with Gasteiger partial charge in [0.25, 0.3) is 0 Å². The van der Waals surface area contributed by atoms with E-state index < -0.39 is 0 Å². The SMILES string of the molecule is Cc1cc(Br)c(F)cc1-c1ccc(C(N)C(C)C)s1. The minimum Gasteiger partial charge on any atom is -0.323 e. The van der Waals surface area contributed by atoms with Crippen molar-refractivity contribution >= 4 is 27.3 Å². The Morgan fingerprint density at radius 3 is 2.58 bits per heavy atom. The summed E-state index contributed by atoms with van der Waals surface area (Å²) >= 11 is 4.85. The van der Waals surface area contributed by atoms with Crippen LogP contribution in [0.25, 0.3) is 10.4 Å². The summed E-state index contributed by atoms with van der Waals surface area (Å²) in [7, 11) is 0. The zero-order valence-electron chi connectivity index (χ0n) is 11.2. The molecule has 1 unspecified atom stereocenters. The zero-order valence-corrected chi connectivity index (χ0v) is 13.6. The molecule has 2 aromatic rings. The first-order chi connectivity index (χ1) is 8.90. The highest BCUT2D eigenvalue weighted by Gasteiger charge is 2.15. The van der Waals surface area contributed by atoms with E-state index in [-0.39, 0.29) is 11.9 Å². The summed E-state index contributed by atoms with van der Waals surface area (Å²) in [6.45, 7) is 6.20. The lowest BCUT2D eigenvalue weighted by atomic mass is 10.0. The Kier molecular flexibility index (Phi) is 4.43. The standard InChI is InChI=1S/C15H17BrFNS/c1-8(2)15(18)14-5-4-13(19-14)10-7-12(17)11(16)6-9(10)3/h4-8,15H,18H2,1-3H3. The Bertz CT molecular complexity index is 592. The molecule has 0 saturated carbocycles. The number of benzene rings is 1. The van der Waals surface area contributed by atoms with E-state index in [1.54, 1.807) is 17.4 Å². The van der Waals surface area contributed by atoms with Crippen LogP contribution in [0.4, 0.5) is 4.39 Å². The normalized spacial score (nSPS) is 13.0. The molecule has 1 atom stereocenters. The highest BCUT2D eigenvalue weighted by Crippen LogP contribution is 2.36. The zero-order chi connectivity index (χ0) is 14.2. The van der Waals surface area contributed by atoms with Crippen molar-refractivity contribution in [1.82, 2.24) is 0 Å². The summed E-state index contributed by atoms with van der Waals surface area (Å²) in [5, 5.41) is 0. The van der Waals surface area contributed by atoms with E-state index in [1.165, 1.54) is 0 Å². The van der Waals surface area contributed by atoms with Crippen LogP contribution in [0.5, 0.6) is 0 Å². The summed E-state index contributed by atoms with van der Waals surface area (Å²) in [4.78, 5) is 2.21. The van der Waals surface area contributed by atoms with Gasteiger partial charge in [0.2, 0.25) is 0 Å². The summed E-state index contributed by atoms with van der Waals surface area (Å²) < 4.78 is 14.2. The number of hydrogen-bond donors (Lipinski definition) is 1. The fraction of sp³-hybridized carbons (Fsp3) is 0.333. The second-order valence-electron chi connectivity index (χ2n) is 5.05. The van der Waals surface area contributed by atoms with E-state index in [0.29, 0.717) is 10.4 Å². The molecule has 19 heavy (non-hydrogen) atoms. The molecule has 1 heterocycles. The maximum Gasteiger partial charge on any atom is 0.138 e. The fourth-order valence-corrected chi connectivity index (χ4v) is 3.64. The van der Waals surface area contributed by atoms with Crippen molar-refractivity contribution < 1.29 is 4.39 Å². The largest absolute Gasteiger partial charge is 0.323 e. The fourth-order valence-electron chi connectivity index (χ4n) is 1.92. The number of rotatable bonds is 3. The highest BCUT2D eigenvalue weighted by atomic mass is 79.9. The van der Waals surface area contributed by atoms with Crippen molar-refractivity contribution in [3.05, 3.63) is 45.0 Å². The second-order valence-corrected chi connectivity index (χ2v) is 7.02. The molecule has 0 bridgehead atoms. The smallest absolute Gasteiger partial charge is 0.138 e. The predicted octanol–water partition coefficient (Wildman–Crippen LogP) is 5.28. The molecule has 0 spiro atoms. The van der Waals surface area contributed by atoms with Crippen LogP contribution in [0, 0.1) is 18.7 Å². The van der Waals surface area contributed by atoms with Crippen molar-refractivity contribution in [3.8, 4) is 10.4 Å². The molecule has 102 valence electrons. The summed E-state index contributed by atoms with van der Waals surface area (Å²) in [6.07, 6.45) is 0. The lowest BCUT2D eigenvalue weighted by Gasteiger charge is -2.13. The van der Waals surface area contributed by atoms with Crippen LogP contribution in [0.2, 0.25) is 0 Å². The molecule has 0 aliphatic carbocycles. The average Bonchev–Trinajstić information content (AvgIpc) is 2.81. The summed E-state index contributed by atoms with van der Waals surface area (Å²) in [5.41, 5.74) is 8.14. The van der Waals surface area contributed by atoms with E-state index in [1.807, 2.05) is 25.1 Å². The minimum atomic E-state index is -0.233. The van der Waals surface area contributed by atoms with Gasteiger partial charge >= 0.3 is 0 Å². The summed E-state index contributed by atoms with van der Waals surface area (Å²) in [6, 6.07) is 7.50. The third-order valence-electron chi connectivity index (χ3n) is 3.21. The van der Waals surface area contributed by atoms with Crippen LogP contribution < -0.4 is 5.73 Å². The molecule has 1 nitrogen and oxygen atoms in total. The first-order valence-corrected chi connectivity index (χ1v) is 7.82. The van der Waals surface area contributed by atoms with Crippen LogP contribution in [0.15, 0.2) is 28.7 Å². The van der Waals surface area contributed by atoms with Gasteiger partial charge in [-0.1, -0.05) is 13.8 Å². The molecule has 2 N–H and O–H groups in total. The number of thiophene rings is 1. The van der Waals surface area contributed by atoms with Gasteiger partial charge in [-0.15, -0.1) is 11.3 Å². The van der Waals surface area contributed by atoms with Crippen molar-refractivity contribution in [1.29, 1.82) is 0 Å². The van der Waals surface area contributed by atoms with E-state index in [2.05, 4.69) is 29.8 Å². The molecule has 0 aliphatic rings. The Balaban J connectivity index is 2.41. The average molecular weight is 342 g/mol. The Morgan fingerprint density at radius 2 is 1.95 bits per heavy atom. The molecule has 0 amide bonds. The Hall–Kier alpha value is -0.710. The molecule has 1 aromatic carbocycles. The van der Waals surface area contributed by atoms with Gasteiger partial charge in [0.15, 0.2) is 0 Å². The van der Waals surface area contributed by atoms with Crippen molar-refractivity contribution in [3.63, 3.8) is 0 Å². The first-order valence-electron chi connectivity index (χ1n) is 6.21. The van der Waals surface area contributed by atoms with Gasteiger partial charge in [0, 0.05) is 15.8 Å². The van der Waals surface area contributed by atoms with Gasteiger partial charge in [-0.25, -0.2) is 4.39 Å². The lowest BCUT2D eigenvalue weighted by Crippen LogP contribution is -2.14. The maximum atomic E-state index is 13.7. The monoisotopic (exact) mass is 341 g/mol. The molecule has 0 aliphatic heterocycles. The van der Waals surface area contributed by atoms with Crippen molar-refractivity contribution in [2.45, 2.75) is 26.8 Å². The lowest BCUT2D eigenvalue weighted by molar-refractivity contribution is 0.521. The first kappa shape index (κ1) is 14.7. The van der Waals surface area contributed by atoms with Gasteiger partial charge < -0.3 is 5.73 Å². The predicted molar refractivity (Wildman–Crippen MR) is 83.9 cm³/mol. The van der Waals surface area contributed by atoms with E-state index in [0.717, 1.165) is 20.9 Å². The minimum absolute atomic E-state index is 0.0411. The molecule has 2 rings (SSSR count). The highest BCUT2D eigenvalue weighted by molar-refractivity contribution is 9.10. The van der Waals surface area contributed by atoms with Gasteiger partial charge in [0.05, 0.1) is 4.47 Å². The Labute approximate surface area is 125 Å². The molecule has 0 saturated heterocycles. The summed E-state index contributed by atoms with van der Waals surface area (Å²) in [5.74, 6) is 0.165. The van der Waals surface area contributed by atoms with E-state index in [4.69, 9.17) is 5.73 Å². The van der Waals surface area contributed by atoms with Crippen molar-refractivity contribution in [2.75, 3.05) is 0 Å². The third-order valence-corrected chi connectivity index (χ3v) is 5.03. The van der Waals surface area contributed by atoms with Gasteiger partial charge in [-0.2, -0.15) is 0 Å². The van der Waals surface area contributed by atoms with Crippen molar-refractivity contribution in [2.24, 2.45) is 11.7 Å². The Morgan fingerprint density at radius 1 is 1.26 bits per heavy atom. The molecule has 1 aromatic heterocycles. The maximum absolute atomic E-state index is 13.7. The van der Waals surface area contributed by atoms with Crippen LogP contribution in [-0.4, -0.2) is 0 Å². The van der Waals surface area contributed by atoms with E-state index in [9.17, 15) is 4.39 Å². The number of nitrogens with two attached hydrogens (primary N) is 1. The third kappa shape index (κ3) is 3.07. The molecular weight excluding hydrogens is 325 g/mol. The van der Waals surface area contributed by atoms with Gasteiger partial charge in [-0.05, 0) is 64.2 Å².